The molecule has 33 heavy (non-hydrogen) atoms. The average Bonchev–Trinajstić information content (AvgIpc) is 3.23. The molecule has 0 bridgehead atoms. The van der Waals surface area contributed by atoms with E-state index in [0.29, 0.717) is 38.3 Å². The first kappa shape index (κ1) is 22.0. The van der Waals surface area contributed by atoms with Gasteiger partial charge in [-0.2, -0.15) is 5.10 Å². The lowest BCUT2D eigenvalue weighted by molar-refractivity contribution is 0.102. The molecule has 4 rings (SSSR count). The molecule has 0 unspecified atom stereocenters. The number of phenolic OH excluding ortho intramolecular Hbond substituents is 1. The Morgan fingerprint density at radius 1 is 1.12 bits per heavy atom. The third-order valence-electron chi connectivity index (χ3n) is 4.59. The number of nitrogens with zero attached hydrogens (tertiary/aromatic N) is 2. The SMILES string of the molecule is COc1cc(C=NNc2nc(-c3ccc(F)cc3)c(NC(=O)c3ccccc3)s2)ccc1O. The number of benzene rings is 3. The van der Waals surface area contributed by atoms with Gasteiger partial charge < -0.3 is 15.2 Å². The van der Waals surface area contributed by atoms with Gasteiger partial charge in [-0.05, 0) is 60.2 Å². The molecule has 1 aromatic heterocycles. The second-order valence-corrected chi connectivity index (χ2v) is 7.82. The van der Waals surface area contributed by atoms with Crippen LogP contribution in [0, 0.1) is 5.82 Å². The predicted molar refractivity (Wildman–Crippen MR) is 128 cm³/mol. The first-order valence-corrected chi connectivity index (χ1v) is 10.6. The highest BCUT2D eigenvalue weighted by Gasteiger charge is 2.16. The summed E-state index contributed by atoms with van der Waals surface area (Å²) in [5, 5.41) is 17.7. The molecule has 0 spiro atoms. The summed E-state index contributed by atoms with van der Waals surface area (Å²) in [5.74, 6) is -0.284. The summed E-state index contributed by atoms with van der Waals surface area (Å²) < 4.78 is 18.5. The summed E-state index contributed by atoms with van der Waals surface area (Å²) in [5.41, 5.74) is 5.20. The lowest BCUT2D eigenvalue weighted by Crippen LogP contribution is -2.11. The molecular weight excluding hydrogens is 443 g/mol. The number of hydrazone groups is 1. The van der Waals surface area contributed by atoms with Crippen molar-refractivity contribution < 1.29 is 19.0 Å². The standard InChI is InChI=1S/C24H19FN4O3S/c1-32-20-13-15(7-12-19(20)30)14-26-29-24-27-21(16-8-10-18(25)11-9-16)23(33-24)28-22(31)17-5-3-2-4-6-17/h2-14,30H,1H3,(H,27,29)(H,28,31). The summed E-state index contributed by atoms with van der Waals surface area (Å²) >= 11 is 1.20. The van der Waals surface area contributed by atoms with Crippen molar-refractivity contribution in [3.8, 4) is 22.8 Å². The van der Waals surface area contributed by atoms with E-state index in [9.17, 15) is 14.3 Å². The highest BCUT2D eigenvalue weighted by atomic mass is 32.1. The molecule has 1 amide bonds. The van der Waals surface area contributed by atoms with Gasteiger partial charge in [0.2, 0.25) is 5.13 Å². The Morgan fingerprint density at radius 3 is 2.61 bits per heavy atom. The number of phenols is 1. The van der Waals surface area contributed by atoms with Crippen LogP contribution in [0.1, 0.15) is 15.9 Å². The van der Waals surface area contributed by atoms with Crippen LogP contribution in [0.5, 0.6) is 11.5 Å². The van der Waals surface area contributed by atoms with Gasteiger partial charge in [0.05, 0.1) is 13.3 Å². The second kappa shape index (κ2) is 9.92. The first-order valence-electron chi connectivity index (χ1n) is 9.83. The Balaban J connectivity index is 1.59. The number of aromatic hydroxyl groups is 1. The number of rotatable bonds is 7. The van der Waals surface area contributed by atoms with E-state index in [1.165, 1.54) is 36.6 Å². The van der Waals surface area contributed by atoms with Gasteiger partial charge in [-0.25, -0.2) is 9.37 Å². The van der Waals surface area contributed by atoms with Crippen molar-refractivity contribution in [3.05, 3.63) is 89.7 Å². The number of hydrogen-bond acceptors (Lipinski definition) is 7. The fraction of sp³-hybridized carbons (Fsp3) is 0.0417. The number of amides is 1. The third-order valence-corrected chi connectivity index (χ3v) is 5.46. The van der Waals surface area contributed by atoms with Gasteiger partial charge >= 0.3 is 0 Å². The minimum Gasteiger partial charge on any atom is -0.504 e. The van der Waals surface area contributed by atoms with Gasteiger partial charge in [0.1, 0.15) is 16.5 Å². The molecule has 166 valence electrons. The zero-order valence-electron chi connectivity index (χ0n) is 17.4. The van der Waals surface area contributed by atoms with Gasteiger partial charge in [0, 0.05) is 11.1 Å². The van der Waals surface area contributed by atoms with Crippen molar-refractivity contribution >= 4 is 33.6 Å². The van der Waals surface area contributed by atoms with E-state index < -0.39 is 0 Å². The smallest absolute Gasteiger partial charge is 0.256 e. The normalized spacial score (nSPS) is 10.8. The third kappa shape index (κ3) is 5.34. The van der Waals surface area contributed by atoms with Gasteiger partial charge in [0.25, 0.3) is 5.91 Å². The largest absolute Gasteiger partial charge is 0.504 e. The molecule has 4 aromatic rings. The van der Waals surface area contributed by atoms with E-state index in [1.807, 2.05) is 6.07 Å². The molecule has 1 heterocycles. The van der Waals surface area contributed by atoms with Gasteiger partial charge in [0.15, 0.2) is 11.5 Å². The number of hydrogen-bond donors (Lipinski definition) is 3. The van der Waals surface area contributed by atoms with Crippen LogP contribution in [0.4, 0.5) is 14.5 Å². The molecule has 0 saturated carbocycles. The maximum Gasteiger partial charge on any atom is 0.256 e. The van der Waals surface area contributed by atoms with Crippen LogP contribution in [-0.4, -0.2) is 29.3 Å². The van der Waals surface area contributed by atoms with Gasteiger partial charge in [-0.15, -0.1) is 0 Å². The summed E-state index contributed by atoms with van der Waals surface area (Å²) in [4.78, 5) is 17.2. The molecule has 0 aliphatic carbocycles. The maximum atomic E-state index is 13.4. The Kier molecular flexibility index (Phi) is 6.61. The zero-order valence-corrected chi connectivity index (χ0v) is 18.3. The van der Waals surface area contributed by atoms with Crippen molar-refractivity contribution in [2.45, 2.75) is 0 Å². The molecule has 0 atom stereocenters. The Hall–Kier alpha value is -4.24. The van der Waals surface area contributed by atoms with Crippen molar-refractivity contribution in [2.24, 2.45) is 5.10 Å². The quantitative estimate of drug-likeness (QED) is 0.254. The minimum absolute atomic E-state index is 0.0327. The first-order chi connectivity index (χ1) is 16.0. The number of methoxy groups -OCH3 is 1. The summed E-state index contributed by atoms with van der Waals surface area (Å²) in [6.45, 7) is 0. The van der Waals surface area contributed by atoms with E-state index in [-0.39, 0.29) is 17.5 Å². The van der Waals surface area contributed by atoms with Crippen LogP contribution in [0.15, 0.2) is 77.9 Å². The van der Waals surface area contributed by atoms with Crippen molar-refractivity contribution in [1.29, 1.82) is 0 Å². The second-order valence-electron chi connectivity index (χ2n) is 6.83. The predicted octanol–water partition coefficient (Wildman–Crippen LogP) is 5.36. The molecule has 0 fully saturated rings. The lowest BCUT2D eigenvalue weighted by atomic mass is 10.1. The number of carbonyl (C=O) groups is 1. The van der Waals surface area contributed by atoms with Crippen LogP contribution >= 0.6 is 11.3 Å². The molecule has 7 nitrogen and oxygen atoms in total. The monoisotopic (exact) mass is 462 g/mol. The van der Waals surface area contributed by atoms with Gasteiger partial charge in [-0.3, -0.25) is 10.2 Å². The lowest BCUT2D eigenvalue weighted by Gasteiger charge is -2.05. The molecule has 9 heteroatoms. The molecule has 0 radical (unpaired) electrons. The maximum absolute atomic E-state index is 13.4. The van der Waals surface area contributed by atoms with Crippen LogP contribution in [0.25, 0.3) is 11.3 Å². The van der Waals surface area contributed by atoms with Crippen molar-refractivity contribution in [2.75, 3.05) is 17.9 Å². The molecule has 3 N–H and O–H groups in total. The number of halogens is 1. The van der Waals surface area contributed by atoms with E-state index in [2.05, 4.69) is 20.8 Å². The zero-order chi connectivity index (χ0) is 23.2. The van der Waals surface area contributed by atoms with E-state index >= 15 is 0 Å². The Bertz CT molecular complexity index is 1290. The minimum atomic E-state index is -0.365. The van der Waals surface area contributed by atoms with Crippen LogP contribution < -0.4 is 15.5 Å². The fourth-order valence-electron chi connectivity index (χ4n) is 2.96. The topological polar surface area (TPSA) is 95.8 Å². The number of anilines is 2. The van der Waals surface area contributed by atoms with E-state index in [0.717, 1.165) is 0 Å². The summed E-state index contributed by atoms with van der Waals surface area (Å²) in [6, 6.07) is 19.5. The Morgan fingerprint density at radius 2 is 1.88 bits per heavy atom. The average molecular weight is 463 g/mol. The molecule has 0 saturated heterocycles. The number of nitrogens with one attached hydrogen (secondary N) is 2. The van der Waals surface area contributed by atoms with Crippen LogP contribution in [0.3, 0.4) is 0 Å². The molecular formula is C24H19FN4O3S. The number of carbonyl (C=O) groups excluding carboxylic acids is 1. The van der Waals surface area contributed by atoms with E-state index in [4.69, 9.17) is 4.74 Å². The molecule has 0 aliphatic heterocycles. The highest BCUT2D eigenvalue weighted by molar-refractivity contribution is 7.20. The fourth-order valence-corrected chi connectivity index (χ4v) is 3.79. The number of ether oxygens (including phenoxy) is 1. The highest BCUT2D eigenvalue weighted by Crippen LogP contribution is 2.36. The Labute approximate surface area is 193 Å². The van der Waals surface area contributed by atoms with Gasteiger partial charge in [-0.1, -0.05) is 29.5 Å². The van der Waals surface area contributed by atoms with Crippen molar-refractivity contribution in [1.82, 2.24) is 4.98 Å². The number of aromatic nitrogens is 1. The van der Waals surface area contributed by atoms with Crippen LogP contribution in [-0.2, 0) is 0 Å². The van der Waals surface area contributed by atoms with Crippen molar-refractivity contribution in [3.63, 3.8) is 0 Å². The summed E-state index contributed by atoms with van der Waals surface area (Å²) in [7, 11) is 1.46. The van der Waals surface area contributed by atoms with Crippen LogP contribution in [0.2, 0.25) is 0 Å². The number of thiazole rings is 1. The molecule has 3 aromatic carbocycles. The molecule has 0 aliphatic rings. The summed E-state index contributed by atoms with van der Waals surface area (Å²) in [6.07, 6.45) is 1.54. The van der Waals surface area contributed by atoms with E-state index in [1.54, 1.807) is 54.7 Å².